The van der Waals surface area contributed by atoms with Gasteiger partial charge in [0.25, 0.3) is 0 Å². The van der Waals surface area contributed by atoms with E-state index >= 15 is 0 Å². The Labute approximate surface area is 81.5 Å². The highest BCUT2D eigenvalue weighted by Gasteiger charge is 1.99. The molecule has 0 bridgehead atoms. The molecule has 0 aromatic heterocycles. The van der Waals surface area contributed by atoms with Crippen molar-refractivity contribution in [3.05, 3.63) is 0 Å². The normalized spacial score (nSPS) is 10.1. The lowest BCUT2D eigenvalue weighted by atomic mass is 10.3. The van der Waals surface area contributed by atoms with E-state index in [9.17, 15) is 4.79 Å². The van der Waals surface area contributed by atoms with Gasteiger partial charge in [-0.2, -0.15) is 0 Å². The van der Waals surface area contributed by atoms with Gasteiger partial charge in [0, 0.05) is 20.5 Å². The van der Waals surface area contributed by atoms with Gasteiger partial charge >= 0.3 is 0 Å². The molecule has 0 heterocycles. The smallest absolute Gasteiger partial charge is 0.219 e. The largest absolute Gasteiger partial charge is 0.346 e. The van der Waals surface area contributed by atoms with Gasteiger partial charge in [0.15, 0.2) is 0 Å². The van der Waals surface area contributed by atoms with E-state index in [4.69, 9.17) is 0 Å². The lowest BCUT2D eigenvalue weighted by Gasteiger charge is -2.14. The number of carbonyl (C=O) groups excluding carboxylic acids is 1. The summed E-state index contributed by atoms with van der Waals surface area (Å²) in [6.07, 6.45) is 3.43. The minimum Gasteiger partial charge on any atom is -0.346 e. The second-order valence-corrected chi connectivity index (χ2v) is 3.40. The van der Waals surface area contributed by atoms with Crippen LogP contribution in [0.3, 0.4) is 0 Å². The first kappa shape index (κ1) is 12.4. The summed E-state index contributed by atoms with van der Waals surface area (Å²) in [5, 5.41) is 3.33. The highest BCUT2D eigenvalue weighted by Crippen LogP contribution is 1.92. The van der Waals surface area contributed by atoms with Crippen LogP contribution in [0, 0.1) is 0 Å². The molecule has 0 saturated heterocycles. The van der Waals surface area contributed by atoms with Crippen LogP contribution in [0.4, 0.5) is 0 Å². The van der Waals surface area contributed by atoms with Crippen molar-refractivity contribution in [3.63, 3.8) is 0 Å². The van der Waals surface area contributed by atoms with Gasteiger partial charge in [-0.1, -0.05) is 6.92 Å². The molecular weight excluding hydrogens is 164 g/mol. The van der Waals surface area contributed by atoms with E-state index in [1.807, 2.05) is 7.05 Å². The van der Waals surface area contributed by atoms with Crippen LogP contribution in [-0.4, -0.2) is 37.5 Å². The van der Waals surface area contributed by atoms with Gasteiger partial charge < -0.3 is 10.2 Å². The minimum atomic E-state index is 0.154. The third-order valence-electron chi connectivity index (χ3n) is 2.06. The summed E-state index contributed by atoms with van der Waals surface area (Å²) in [7, 11) is 1.85. The van der Waals surface area contributed by atoms with Crippen LogP contribution in [0.5, 0.6) is 0 Å². The predicted molar refractivity (Wildman–Crippen MR) is 55.7 cm³/mol. The number of hydrogen-bond acceptors (Lipinski definition) is 2. The first-order valence-corrected chi connectivity index (χ1v) is 5.11. The molecule has 0 aliphatic heterocycles. The third-order valence-corrected chi connectivity index (χ3v) is 2.06. The lowest BCUT2D eigenvalue weighted by molar-refractivity contribution is -0.127. The van der Waals surface area contributed by atoms with Crippen LogP contribution in [-0.2, 0) is 4.79 Å². The molecule has 1 amide bonds. The fraction of sp³-hybridized carbons (Fsp3) is 0.900. The van der Waals surface area contributed by atoms with Crippen molar-refractivity contribution in [1.29, 1.82) is 0 Å². The molecule has 3 heteroatoms. The molecule has 0 rings (SSSR count). The Morgan fingerprint density at radius 2 is 2.00 bits per heavy atom. The Morgan fingerprint density at radius 3 is 2.54 bits per heavy atom. The number of amides is 1. The first-order valence-electron chi connectivity index (χ1n) is 5.11. The standard InChI is InChI=1S/C10H22N2O/c1-4-7-11-8-5-6-9-12(3)10(2)13/h11H,4-9H2,1-3H3. The number of nitrogens with one attached hydrogen (secondary N) is 1. The summed E-state index contributed by atoms with van der Waals surface area (Å²) in [6.45, 7) is 6.82. The zero-order valence-corrected chi connectivity index (χ0v) is 9.10. The molecule has 0 aliphatic rings. The van der Waals surface area contributed by atoms with Crippen LogP contribution in [0.1, 0.15) is 33.1 Å². The molecule has 0 atom stereocenters. The number of rotatable bonds is 7. The van der Waals surface area contributed by atoms with E-state index in [1.54, 1.807) is 11.8 Å². The second kappa shape index (κ2) is 8.05. The van der Waals surface area contributed by atoms with Gasteiger partial charge in [-0.3, -0.25) is 4.79 Å². The molecule has 0 spiro atoms. The molecule has 0 aliphatic carbocycles. The van der Waals surface area contributed by atoms with Crippen LogP contribution >= 0.6 is 0 Å². The van der Waals surface area contributed by atoms with Gasteiger partial charge in [0.05, 0.1) is 0 Å². The van der Waals surface area contributed by atoms with E-state index < -0.39 is 0 Å². The van der Waals surface area contributed by atoms with Gasteiger partial charge in [-0.05, 0) is 32.4 Å². The molecule has 3 nitrogen and oxygen atoms in total. The number of unbranched alkanes of at least 4 members (excludes halogenated alkanes) is 1. The average Bonchev–Trinajstić information content (AvgIpc) is 2.10. The monoisotopic (exact) mass is 186 g/mol. The summed E-state index contributed by atoms with van der Waals surface area (Å²) in [6, 6.07) is 0. The summed E-state index contributed by atoms with van der Waals surface area (Å²) < 4.78 is 0. The van der Waals surface area contributed by atoms with Crippen molar-refractivity contribution in [2.45, 2.75) is 33.1 Å². The average molecular weight is 186 g/mol. The van der Waals surface area contributed by atoms with Gasteiger partial charge in [0.2, 0.25) is 5.91 Å². The fourth-order valence-electron chi connectivity index (χ4n) is 1.06. The molecule has 78 valence electrons. The first-order chi connectivity index (χ1) is 6.18. The van der Waals surface area contributed by atoms with E-state index in [1.165, 1.54) is 6.42 Å². The zero-order chi connectivity index (χ0) is 10.1. The number of hydrogen-bond donors (Lipinski definition) is 1. The Morgan fingerprint density at radius 1 is 1.31 bits per heavy atom. The molecule has 0 fully saturated rings. The molecule has 0 aromatic rings. The highest BCUT2D eigenvalue weighted by atomic mass is 16.2. The molecule has 13 heavy (non-hydrogen) atoms. The van der Waals surface area contributed by atoms with Crippen LogP contribution in [0.15, 0.2) is 0 Å². The van der Waals surface area contributed by atoms with Crippen molar-refractivity contribution in [1.82, 2.24) is 10.2 Å². The number of carbonyl (C=O) groups is 1. The minimum absolute atomic E-state index is 0.154. The van der Waals surface area contributed by atoms with Crippen molar-refractivity contribution >= 4 is 5.91 Å². The van der Waals surface area contributed by atoms with Crippen LogP contribution < -0.4 is 5.32 Å². The van der Waals surface area contributed by atoms with E-state index in [0.717, 1.165) is 32.5 Å². The Hall–Kier alpha value is -0.570. The SMILES string of the molecule is CCCNCCCCN(C)C(C)=O. The number of nitrogens with zero attached hydrogens (tertiary/aromatic N) is 1. The summed E-state index contributed by atoms with van der Waals surface area (Å²) in [4.78, 5) is 12.6. The molecule has 0 unspecified atom stereocenters. The lowest BCUT2D eigenvalue weighted by Crippen LogP contribution is -2.25. The summed E-state index contributed by atoms with van der Waals surface area (Å²) in [5.74, 6) is 0.154. The molecule has 0 aromatic carbocycles. The second-order valence-electron chi connectivity index (χ2n) is 3.40. The summed E-state index contributed by atoms with van der Waals surface area (Å²) in [5.41, 5.74) is 0. The third kappa shape index (κ3) is 7.78. The molecule has 0 radical (unpaired) electrons. The Balaban J connectivity index is 3.11. The zero-order valence-electron chi connectivity index (χ0n) is 9.10. The van der Waals surface area contributed by atoms with Crippen molar-refractivity contribution in [2.24, 2.45) is 0 Å². The highest BCUT2D eigenvalue weighted by molar-refractivity contribution is 5.72. The van der Waals surface area contributed by atoms with E-state index in [0.29, 0.717) is 0 Å². The Kier molecular flexibility index (Phi) is 7.69. The van der Waals surface area contributed by atoms with Crippen LogP contribution in [0.25, 0.3) is 0 Å². The van der Waals surface area contributed by atoms with E-state index in [-0.39, 0.29) is 5.91 Å². The van der Waals surface area contributed by atoms with Gasteiger partial charge in [-0.25, -0.2) is 0 Å². The van der Waals surface area contributed by atoms with E-state index in [2.05, 4.69) is 12.2 Å². The maximum atomic E-state index is 10.8. The predicted octanol–water partition coefficient (Wildman–Crippen LogP) is 1.24. The van der Waals surface area contributed by atoms with Crippen LogP contribution in [0.2, 0.25) is 0 Å². The molecule has 1 N–H and O–H groups in total. The Bertz CT molecular complexity index is 137. The topological polar surface area (TPSA) is 32.3 Å². The van der Waals surface area contributed by atoms with Crippen molar-refractivity contribution < 1.29 is 4.79 Å². The fourth-order valence-corrected chi connectivity index (χ4v) is 1.06. The molecular formula is C10H22N2O. The van der Waals surface area contributed by atoms with Gasteiger partial charge in [0.1, 0.15) is 0 Å². The molecule has 0 saturated carbocycles. The van der Waals surface area contributed by atoms with Crippen molar-refractivity contribution in [3.8, 4) is 0 Å². The maximum absolute atomic E-state index is 10.8. The van der Waals surface area contributed by atoms with Crippen molar-refractivity contribution in [2.75, 3.05) is 26.7 Å². The quantitative estimate of drug-likeness (QED) is 0.607. The van der Waals surface area contributed by atoms with Gasteiger partial charge in [-0.15, -0.1) is 0 Å². The maximum Gasteiger partial charge on any atom is 0.219 e. The summed E-state index contributed by atoms with van der Waals surface area (Å²) >= 11 is 0.